The van der Waals surface area contributed by atoms with Gasteiger partial charge in [-0.05, 0) is 29.4 Å². The molecule has 4 aliphatic rings. The van der Waals surface area contributed by atoms with Crippen LogP contribution in [0.5, 0.6) is 0 Å². The number of rotatable bonds is 2. The highest BCUT2D eigenvalue weighted by atomic mass is 16.6. The smallest absolute Gasteiger partial charge is 0.303 e. The number of carbonyl (C=O) groups is 2. The second-order valence-electron chi connectivity index (χ2n) is 10.5. The summed E-state index contributed by atoms with van der Waals surface area (Å²) in [5.74, 6) is -1.98. The third kappa shape index (κ3) is 2.23. The van der Waals surface area contributed by atoms with Crippen LogP contribution >= 0.6 is 0 Å². The Labute approximate surface area is 171 Å². The van der Waals surface area contributed by atoms with E-state index < -0.39 is 40.0 Å². The molecule has 160 valence electrons. The number of carbonyl (C=O) groups excluding carboxylic acids is 2. The van der Waals surface area contributed by atoms with E-state index in [0.29, 0.717) is 11.1 Å². The SMILES string of the molecule is CC(=O)O[C@@H]1[C@@H](C)[C@]2(C)C3C=C(C)C(=O)[C@@]3(O)CC(CO)=C[C@H]2C2C(C)(C)[C@@]21O. The van der Waals surface area contributed by atoms with Crippen LogP contribution in [-0.2, 0) is 14.3 Å². The van der Waals surface area contributed by atoms with E-state index in [1.807, 2.05) is 39.8 Å². The maximum Gasteiger partial charge on any atom is 0.303 e. The fourth-order valence-corrected chi connectivity index (χ4v) is 7.19. The highest BCUT2D eigenvalue weighted by molar-refractivity contribution is 6.04. The van der Waals surface area contributed by atoms with Gasteiger partial charge in [0.05, 0.1) is 6.61 Å². The van der Waals surface area contributed by atoms with Crippen molar-refractivity contribution in [1.82, 2.24) is 0 Å². The summed E-state index contributed by atoms with van der Waals surface area (Å²) in [5.41, 5.74) is -2.85. The lowest BCUT2D eigenvalue weighted by Crippen LogP contribution is -2.60. The molecule has 8 atom stereocenters. The zero-order valence-electron chi connectivity index (χ0n) is 18.0. The normalized spacial score (nSPS) is 49.8. The van der Waals surface area contributed by atoms with Crippen molar-refractivity contribution in [3.8, 4) is 0 Å². The zero-order valence-corrected chi connectivity index (χ0v) is 18.0. The number of esters is 1. The molecule has 0 bridgehead atoms. The summed E-state index contributed by atoms with van der Waals surface area (Å²) in [6.07, 6.45) is 3.16. The quantitative estimate of drug-likeness (QED) is 0.479. The van der Waals surface area contributed by atoms with Crippen LogP contribution in [0.2, 0.25) is 0 Å². The predicted octanol–water partition coefficient (Wildman–Crippen LogP) is 1.78. The molecular formula is C23H32O6. The van der Waals surface area contributed by atoms with Gasteiger partial charge in [0.25, 0.3) is 0 Å². The Morgan fingerprint density at radius 3 is 2.41 bits per heavy atom. The predicted molar refractivity (Wildman–Crippen MR) is 106 cm³/mol. The first-order chi connectivity index (χ1) is 13.3. The van der Waals surface area contributed by atoms with Gasteiger partial charge in [0.15, 0.2) is 5.78 Å². The number of fused-ring (bicyclic) bond motifs is 5. The van der Waals surface area contributed by atoms with Gasteiger partial charge in [-0.3, -0.25) is 9.59 Å². The third-order valence-electron chi connectivity index (χ3n) is 8.91. The number of hydrogen-bond acceptors (Lipinski definition) is 6. The molecule has 0 aromatic rings. The summed E-state index contributed by atoms with van der Waals surface area (Å²) in [6.45, 7) is 10.7. The first-order valence-corrected chi connectivity index (χ1v) is 10.4. The van der Waals surface area contributed by atoms with Crippen molar-refractivity contribution >= 4 is 11.8 Å². The van der Waals surface area contributed by atoms with E-state index in [2.05, 4.69) is 0 Å². The summed E-state index contributed by atoms with van der Waals surface area (Å²) in [4.78, 5) is 24.9. The molecule has 4 rings (SSSR count). The monoisotopic (exact) mass is 404 g/mol. The Morgan fingerprint density at radius 2 is 1.86 bits per heavy atom. The van der Waals surface area contributed by atoms with Gasteiger partial charge in [-0.15, -0.1) is 0 Å². The lowest BCUT2D eigenvalue weighted by molar-refractivity contribution is -0.191. The summed E-state index contributed by atoms with van der Waals surface area (Å²) in [6, 6.07) is 0. The summed E-state index contributed by atoms with van der Waals surface area (Å²) >= 11 is 0. The van der Waals surface area contributed by atoms with Gasteiger partial charge in [-0.2, -0.15) is 0 Å². The topological polar surface area (TPSA) is 104 Å². The van der Waals surface area contributed by atoms with Gasteiger partial charge < -0.3 is 20.1 Å². The van der Waals surface area contributed by atoms with Crippen molar-refractivity contribution in [2.24, 2.45) is 34.5 Å². The maximum absolute atomic E-state index is 13.0. The van der Waals surface area contributed by atoms with Crippen LogP contribution in [0.3, 0.4) is 0 Å². The number of ether oxygens (including phenoxy) is 1. The molecule has 0 saturated heterocycles. The summed E-state index contributed by atoms with van der Waals surface area (Å²) in [5, 5.41) is 33.2. The minimum atomic E-state index is -1.63. The minimum absolute atomic E-state index is 0.0729. The van der Waals surface area contributed by atoms with Crippen LogP contribution in [0.25, 0.3) is 0 Å². The summed E-state index contributed by atoms with van der Waals surface area (Å²) < 4.78 is 5.69. The highest BCUT2D eigenvalue weighted by Crippen LogP contribution is 2.77. The first kappa shape index (κ1) is 20.8. The number of Topliss-reactive ketones (excluding diaryl/α,β-unsaturated/α-hetero) is 1. The van der Waals surface area contributed by atoms with E-state index >= 15 is 0 Å². The van der Waals surface area contributed by atoms with Crippen molar-refractivity contribution in [2.75, 3.05) is 6.61 Å². The van der Waals surface area contributed by atoms with Crippen LogP contribution in [0, 0.1) is 34.5 Å². The largest absolute Gasteiger partial charge is 0.459 e. The molecule has 0 aromatic carbocycles. The van der Waals surface area contributed by atoms with Crippen LogP contribution in [0.1, 0.15) is 48.0 Å². The van der Waals surface area contributed by atoms with E-state index in [-0.39, 0.29) is 36.6 Å². The van der Waals surface area contributed by atoms with E-state index in [0.717, 1.165) is 0 Å². The van der Waals surface area contributed by atoms with Crippen molar-refractivity contribution in [1.29, 1.82) is 0 Å². The summed E-state index contributed by atoms with van der Waals surface area (Å²) in [7, 11) is 0. The molecule has 2 saturated carbocycles. The third-order valence-corrected chi connectivity index (χ3v) is 8.91. The molecule has 0 heterocycles. The van der Waals surface area contributed by atoms with Gasteiger partial charge in [0.2, 0.25) is 0 Å². The minimum Gasteiger partial charge on any atom is -0.459 e. The van der Waals surface area contributed by atoms with E-state index in [1.54, 1.807) is 6.92 Å². The molecule has 6 nitrogen and oxygen atoms in total. The molecule has 0 aliphatic heterocycles. The Bertz CT molecular complexity index is 855. The molecule has 29 heavy (non-hydrogen) atoms. The molecule has 3 N–H and O–H groups in total. The number of ketones is 1. The standard InChI is InChI=1S/C23H32O6/c1-11-7-16-21(6)12(2)19(29-13(3)25)23(28)17(20(23,4)5)15(21)8-14(10-24)9-22(16,27)18(11)26/h7-8,12,15-17,19,24,27-28H,9-10H2,1-6H3/t12-,15+,16?,17?,19-,21+,22-,23-/m1/s1. The molecule has 2 unspecified atom stereocenters. The molecule has 0 spiro atoms. The van der Waals surface area contributed by atoms with Gasteiger partial charge in [-0.25, -0.2) is 0 Å². The van der Waals surface area contributed by atoms with Crippen LogP contribution < -0.4 is 0 Å². The molecular weight excluding hydrogens is 372 g/mol. The molecule has 4 aliphatic carbocycles. The Balaban J connectivity index is 1.95. The molecule has 0 aromatic heterocycles. The lowest BCUT2D eigenvalue weighted by atomic mass is 9.52. The van der Waals surface area contributed by atoms with Crippen molar-refractivity contribution in [2.45, 2.75) is 65.3 Å². The van der Waals surface area contributed by atoms with Crippen LogP contribution in [-0.4, -0.2) is 51.0 Å². The van der Waals surface area contributed by atoms with Crippen molar-refractivity contribution in [3.63, 3.8) is 0 Å². The Hall–Kier alpha value is -1.50. The average molecular weight is 405 g/mol. The molecule has 0 radical (unpaired) electrons. The zero-order chi connectivity index (χ0) is 21.7. The van der Waals surface area contributed by atoms with Gasteiger partial charge >= 0.3 is 5.97 Å². The second-order valence-corrected chi connectivity index (χ2v) is 10.5. The second kappa shape index (κ2) is 5.80. The number of aliphatic hydroxyl groups is 3. The van der Waals surface area contributed by atoms with E-state index in [1.165, 1.54) is 6.92 Å². The van der Waals surface area contributed by atoms with Gasteiger partial charge in [-0.1, -0.05) is 39.8 Å². The van der Waals surface area contributed by atoms with Gasteiger partial charge in [0, 0.05) is 36.5 Å². The van der Waals surface area contributed by atoms with Crippen LogP contribution in [0.4, 0.5) is 0 Å². The fraction of sp³-hybridized carbons (Fsp3) is 0.739. The van der Waals surface area contributed by atoms with Crippen molar-refractivity contribution < 1.29 is 29.6 Å². The Morgan fingerprint density at radius 1 is 1.24 bits per heavy atom. The van der Waals surface area contributed by atoms with Crippen LogP contribution in [0.15, 0.2) is 23.3 Å². The first-order valence-electron chi connectivity index (χ1n) is 10.4. The fourth-order valence-electron chi connectivity index (χ4n) is 7.19. The number of aliphatic hydroxyl groups excluding tert-OH is 1. The number of allylic oxidation sites excluding steroid dienone is 1. The number of hydrogen-bond donors (Lipinski definition) is 3. The molecule has 0 amide bonds. The van der Waals surface area contributed by atoms with Gasteiger partial charge in [0.1, 0.15) is 17.3 Å². The highest BCUT2D eigenvalue weighted by Gasteiger charge is 2.84. The molecule has 6 heteroatoms. The Kier molecular flexibility index (Phi) is 4.15. The van der Waals surface area contributed by atoms with E-state index in [4.69, 9.17) is 4.74 Å². The van der Waals surface area contributed by atoms with Crippen molar-refractivity contribution in [3.05, 3.63) is 23.3 Å². The van der Waals surface area contributed by atoms with E-state index in [9.17, 15) is 24.9 Å². The maximum atomic E-state index is 13.0. The average Bonchev–Trinajstić information content (AvgIpc) is 3.02. The lowest BCUT2D eigenvalue weighted by Gasteiger charge is -2.54. The molecule has 2 fully saturated rings.